The molecule has 0 saturated heterocycles. The van der Waals surface area contributed by atoms with E-state index in [1.165, 1.54) is 0 Å². The van der Waals surface area contributed by atoms with Crippen LogP contribution in [0.5, 0.6) is 0 Å². The van der Waals surface area contributed by atoms with Gasteiger partial charge in [0.1, 0.15) is 0 Å². The van der Waals surface area contributed by atoms with Crippen molar-refractivity contribution in [3.8, 4) is 0 Å². The molecule has 1 unspecified atom stereocenters. The number of benzene rings is 1. The summed E-state index contributed by atoms with van der Waals surface area (Å²) in [6.07, 6.45) is 0.423. The predicted octanol–water partition coefficient (Wildman–Crippen LogP) is 3.72. The SMILES string of the molecule is CCC(C)(CNC(=O)Nc1ccc(Br)c(Cl)c1)C(=O)O. The number of carbonyl (C=O) groups is 2. The van der Waals surface area contributed by atoms with Gasteiger partial charge in [0.05, 0.1) is 10.4 Å². The summed E-state index contributed by atoms with van der Waals surface area (Å²) < 4.78 is 0.731. The highest BCUT2D eigenvalue weighted by Crippen LogP contribution is 2.25. The van der Waals surface area contributed by atoms with Gasteiger partial charge in [-0.05, 0) is 47.5 Å². The zero-order valence-electron chi connectivity index (χ0n) is 11.2. The molecule has 110 valence electrons. The molecule has 0 aliphatic heterocycles. The molecule has 2 amide bonds. The first-order chi connectivity index (χ1) is 9.28. The van der Waals surface area contributed by atoms with E-state index < -0.39 is 17.4 Å². The summed E-state index contributed by atoms with van der Waals surface area (Å²) >= 11 is 9.17. The Morgan fingerprint density at radius 2 is 2.10 bits per heavy atom. The Kier molecular flexibility index (Phi) is 5.83. The van der Waals surface area contributed by atoms with Crippen molar-refractivity contribution in [3.05, 3.63) is 27.7 Å². The van der Waals surface area contributed by atoms with E-state index in [0.29, 0.717) is 17.1 Å². The first-order valence-corrected chi connectivity index (χ1v) is 7.19. The van der Waals surface area contributed by atoms with Crippen LogP contribution in [-0.2, 0) is 4.79 Å². The minimum Gasteiger partial charge on any atom is -0.481 e. The summed E-state index contributed by atoms with van der Waals surface area (Å²) in [7, 11) is 0. The molecule has 1 rings (SSSR count). The lowest BCUT2D eigenvalue weighted by Gasteiger charge is -2.23. The van der Waals surface area contributed by atoms with Crippen LogP contribution in [0.1, 0.15) is 20.3 Å². The maximum atomic E-state index is 11.7. The van der Waals surface area contributed by atoms with Crippen molar-refractivity contribution < 1.29 is 14.7 Å². The molecule has 0 radical (unpaired) electrons. The van der Waals surface area contributed by atoms with Crippen molar-refractivity contribution in [2.24, 2.45) is 5.41 Å². The molecule has 1 atom stereocenters. The van der Waals surface area contributed by atoms with E-state index in [1.54, 1.807) is 32.0 Å². The average Bonchev–Trinajstić information content (AvgIpc) is 2.40. The fourth-order valence-corrected chi connectivity index (χ4v) is 1.80. The molecular weight excluding hydrogens is 348 g/mol. The highest BCUT2D eigenvalue weighted by molar-refractivity contribution is 9.10. The van der Waals surface area contributed by atoms with Crippen LogP contribution in [0.4, 0.5) is 10.5 Å². The van der Waals surface area contributed by atoms with Gasteiger partial charge in [0.15, 0.2) is 0 Å². The largest absolute Gasteiger partial charge is 0.481 e. The minimum absolute atomic E-state index is 0.0505. The Labute approximate surface area is 130 Å². The van der Waals surface area contributed by atoms with Gasteiger partial charge in [-0.25, -0.2) is 4.79 Å². The van der Waals surface area contributed by atoms with E-state index in [9.17, 15) is 9.59 Å². The lowest BCUT2D eigenvalue weighted by Crippen LogP contribution is -2.42. The molecule has 0 fully saturated rings. The van der Waals surface area contributed by atoms with Crippen LogP contribution in [0, 0.1) is 5.41 Å². The zero-order chi connectivity index (χ0) is 15.3. The zero-order valence-corrected chi connectivity index (χ0v) is 13.5. The van der Waals surface area contributed by atoms with Gasteiger partial charge in [-0.3, -0.25) is 4.79 Å². The van der Waals surface area contributed by atoms with Gasteiger partial charge >= 0.3 is 12.0 Å². The Morgan fingerprint density at radius 3 is 2.60 bits per heavy atom. The quantitative estimate of drug-likeness (QED) is 0.746. The monoisotopic (exact) mass is 362 g/mol. The number of aliphatic carboxylic acids is 1. The van der Waals surface area contributed by atoms with Crippen LogP contribution in [0.2, 0.25) is 5.02 Å². The van der Waals surface area contributed by atoms with Gasteiger partial charge in [-0.2, -0.15) is 0 Å². The molecule has 0 saturated carbocycles. The number of hydrogen-bond acceptors (Lipinski definition) is 2. The fourth-order valence-electron chi connectivity index (χ4n) is 1.38. The van der Waals surface area contributed by atoms with Gasteiger partial charge in [-0.1, -0.05) is 18.5 Å². The van der Waals surface area contributed by atoms with E-state index >= 15 is 0 Å². The average molecular weight is 364 g/mol. The normalized spacial score (nSPS) is 13.4. The molecule has 0 heterocycles. The topological polar surface area (TPSA) is 78.4 Å². The van der Waals surface area contributed by atoms with E-state index in [2.05, 4.69) is 26.6 Å². The number of carboxylic acid groups (broad SMARTS) is 1. The summed E-state index contributed by atoms with van der Waals surface area (Å²) in [5.41, 5.74) is -0.446. The summed E-state index contributed by atoms with van der Waals surface area (Å²) in [5, 5.41) is 14.7. The summed E-state index contributed by atoms with van der Waals surface area (Å²) in [5.74, 6) is -0.938. The van der Waals surface area contributed by atoms with Crippen molar-refractivity contribution in [2.75, 3.05) is 11.9 Å². The third-order valence-electron chi connectivity index (χ3n) is 3.11. The molecule has 1 aromatic rings. The molecule has 0 spiro atoms. The standard InChI is InChI=1S/C13H16BrClN2O3/c1-3-13(2,11(18)19)7-16-12(20)17-8-4-5-9(14)10(15)6-8/h4-6H,3,7H2,1-2H3,(H,18,19)(H2,16,17,20). The third-order valence-corrected chi connectivity index (χ3v) is 4.35. The van der Waals surface area contributed by atoms with Crippen LogP contribution in [0.25, 0.3) is 0 Å². The molecule has 0 aliphatic rings. The molecule has 7 heteroatoms. The number of carbonyl (C=O) groups excluding carboxylic acids is 1. The summed E-state index contributed by atoms with van der Waals surface area (Å²) in [4.78, 5) is 22.8. The van der Waals surface area contributed by atoms with Gasteiger partial charge < -0.3 is 15.7 Å². The number of rotatable bonds is 5. The van der Waals surface area contributed by atoms with Crippen LogP contribution in [0.3, 0.4) is 0 Å². The minimum atomic E-state index is -0.977. The van der Waals surface area contributed by atoms with Gasteiger partial charge in [-0.15, -0.1) is 0 Å². The molecule has 20 heavy (non-hydrogen) atoms. The number of nitrogens with one attached hydrogen (secondary N) is 2. The third kappa shape index (κ3) is 4.38. The number of amides is 2. The number of urea groups is 1. The maximum absolute atomic E-state index is 11.7. The smallest absolute Gasteiger partial charge is 0.319 e. The molecule has 5 nitrogen and oxygen atoms in total. The maximum Gasteiger partial charge on any atom is 0.319 e. The van der Waals surface area contributed by atoms with Crippen LogP contribution >= 0.6 is 27.5 Å². The predicted molar refractivity (Wildman–Crippen MR) is 82.2 cm³/mol. The summed E-state index contributed by atoms with van der Waals surface area (Å²) in [6, 6.07) is 4.53. The first kappa shape index (κ1) is 16.8. The highest BCUT2D eigenvalue weighted by atomic mass is 79.9. The van der Waals surface area contributed by atoms with Crippen LogP contribution < -0.4 is 10.6 Å². The lowest BCUT2D eigenvalue weighted by molar-refractivity contribution is -0.147. The molecule has 0 aromatic heterocycles. The second-order valence-electron chi connectivity index (χ2n) is 4.66. The van der Waals surface area contributed by atoms with E-state index in [1.807, 2.05) is 0 Å². The lowest BCUT2D eigenvalue weighted by atomic mass is 9.88. The van der Waals surface area contributed by atoms with Crippen molar-refractivity contribution in [1.29, 1.82) is 0 Å². The van der Waals surface area contributed by atoms with Gasteiger partial charge in [0.25, 0.3) is 0 Å². The van der Waals surface area contributed by atoms with Crippen molar-refractivity contribution in [2.45, 2.75) is 20.3 Å². The highest BCUT2D eigenvalue weighted by Gasteiger charge is 2.31. The van der Waals surface area contributed by atoms with E-state index in [-0.39, 0.29) is 6.54 Å². The Balaban J connectivity index is 2.60. The van der Waals surface area contributed by atoms with Gasteiger partial charge in [0, 0.05) is 16.7 Å². The van der Waals surface area contributed by atoms with Crippen molar-refractivity contribution in [1.82, 2.24) is 5.32 Å². The Morgan fingerprint density at radius 1 is 1.45 bits per heavy atom. The fraction of sp³-hybridized carbons (Fsp3) is 0.385. The van der Waals surface area contributed by atoms with Crippen LogP contribution in [-0.4, -0.2) is 23.7 Å². The molecule has 0 aliphatic carbocycles. The second-order valence-corrected chi connectivity index (χ2v) is 5.92. The number of carboxylic acids is 1. The second kappa shape index (κ2) is 6.95. The summed E-state index contributed by atoms with van der Waals surface area (Å²) in [6.45, 7) is 3.41. The van der Waals surface area contributed by atoms with Gasteiger partial charge in [0.2, 0.25) is 0 Å². The van der Waals surface area contributed by atoms with E-state index in [0.717, 1.165) is 4.47 Å². The van der Waals surface area contributed by atoms with Crippen molar-refractivity contribution in [3.63, 3.8) is 0 Å². The Bertz CT molecular complexity index is 524. The molecular formula is C13H16BrClN2O3. The number of halogens is 2. The first-order valence-electron chi connectivity index (χ1n) is 6.02. The Hall–Kier alpha value is -1.27. The number of hydrogen-bond donors (Lipinski definition) is 3. The van der Waals surface area contributed by atoms with Crippen molar-refractivity contribution >= 4 is 45.2 Å². The molecule has 3 N–H and O–H groups in total. The van der Waals surface area contributed by atoms with E-state index in [4.69, 9.17) is 16.7 Å². The van der Waals surface area contributed by atoms with Crippen LogP contribution in [0.15, 0.2) is 22.7 Å². The number of anilines is 1. The molecule has 0 bridgehead atoms. The molecule has 1 aromatic carbocycles.